The van der Waals surface area contributed by atoms with Gasteiger partial charge < -0.3 is 4.42 Å². The van der Waals surface area contributed by atoms with Crippen molar-refractivity contribution in [3.05, 3.63) is 69.9 Å². The van der Waals surface area contributed by atoms with Gasteiger partial charge in [-0.1, -0.05) is 43.3 Å². The zero-order valence-corrected chi connectivity index (χ0v) is 13.4. The highest BCUT2D eigenvalue weighted by molar-refractivity contribution is 9.10. The monoisotopic (exact) mass is 344 g/mol. The normalized spacial score (nSPS) is 12.7. The van der Waals surface area contributed by atoms with Crippen molar-refractivity contribution in [2.75, 3.05) is 0 Å². The summed E-state index contributed by atoms with van der Waals surface area (Å²) in [6, 6.07) is 16.3. The third-order valence-electron chi connectivity index (χ3n) is 3.69. The van der Waals surface area contributed by atoms with Crippen molar-refractivity contribution in [3.8, 4) is 0 Å². The summed E-state index contributed by atoms with van der Waals surface area (Å²) < 4.78 is 6.92. The molecular formula is C17H17BrN2O. The second-order valence-electron chi connectivity index (χ2n) is 5.00. The van der Waals surface area contributed by atoms with Crippen molar-refractivity contribution in [1.82, 2.24) is 5.43 Å². The topological polar surface area (TPSA) is 51.2 Å². The molecule has 108 valence electrons. The van der Waals surface area contributed by atoms with Gasteiger partial charge in [-0.3, -0.25) is 5.84 Å². The molecule has 21 heavy (non-hydrogen) atoms. The highest BCUT2D eigenvalue weighted by Crippen LogP contribution is 2.31. The Hall–Kier alpha value is -1.62. The lowest BCUT2D eigenvalue weighted by molar-refractivity contribution is 0.476. The molecule has 1 heterocycles. The van der Waals surface area contributed by atoms with Gasteiger partial charge in [-0.15, -0.1) is 0 Å². The summed E-state index contributed by atoms with van der Waals surface area (Å²) in [4.78, 5) is 0. The van der Waals surface area contributed by atoms with E-state index in [4.69, 9.17) is 10.3 Å². The highest BCUT2D eigenvalue weighted by Gasteiger charge is 2.18. The first-order valence-electron chi connectivity index (χ1n) is 6.96. The van der Waals surface area contributed by atoms with Crippen LogP contribution in [0.1, 0.15) is 29.9 Å². The fraction of sp³-hybridized carbons (Fsp3) is 0.176. The molecule has 3 N–H and O–H groups in total. The molecule has 0 aliphatic carbocycles. The van der Waals surface area contributed by atoms with Crippen LogP contribution in [0.4, 0.5) is 0 Å². The molecule has 0 aliphatic heterocycles. The fourth-order valence-electron chi connectivity index (χ4n) is 2.48. The van der Waals surface area contributed by atoms with Crippen molar-refractivity contribution < 1.29 is 4.42 Å². The molecule has 3 nitrogen and oxygen atoms in total. The molecule has 0 bridgehead atoms. The van der Waals surface area contributed by atoms with E-state index in [1.807, 2.05) is 24.3 Å². The molecule has 0 aliphatic rings. The van der Waals surface area contributed by atoms with Gasteiger partial charge in [-0.2, -0.15) is 0 Å². The van der Waals surface area contributed by atoms with E-state index in [0.717, 1.165) is 33.2 Å². The van der Waals surface area contributed by atoms with Gasteiger partial charge in [0, 0.05) is 5.39 Å². The Bertz CT molecular complexity index is 749. The second kappa shape index (κ2) is 6.02. The summed E-state index contributed by atoms with van der Waals surface area (Å²) >= 11 is 3.51. The van der Waals surface area contributed by atoms with Crippen molar-refractivity contribution in [2.24, 2.45) is 5.84 Å². The number of fused-ring (bicyclic) bond motifs is 1. The highest BCUT2D eigenvalue weighted by atomic mass is 79.9. The number of hydrazine groups is 1. The minimum Gasteiger partial charge on any atom is -0.458 e. The van der Waals surface area contributed by atoms with Gasteiger partial charge >= 0.3 is 0 Å². The lowest BCUT2D eigenvalue weighted by atomic mass is 10.0. The molecule has 2 aromatic carbocycles. The third-order valence-corrected chi connectivity index (χ3v) is 4.31. The van der Waals surface area contributed by atoms with Gasteiger partial charge in [0.15, 0.2) is 0 Å². The van der Waals surface area contributed by atoms with E-state index in [1.165, 1.54) is 5.56 Å². The number of aryl methyl sites for hydroxylation is 1. The predicted molar refractivity (Wildman–Crippen MR) is 88.9 cm³/mol. The molecule has 3 rings (SSSR count). The van der Waals surface area contributed by atoms with Gasteiger partial charge in [0.2, 0.25) is 0 Å². The van der Waals surface area contributed by atoms with Crippen LogP contribution >= 0.6 is 15.9 Å². The lowest BCUT2D eigenvalue weighted by Gasteiger charge is -2.14. The second-order valence-corrected chi connectivity index (χ2v) is 5.86. The number of halogens is 1. The van der Waals surface area contributed by atoms with E-state index in [1.54, 1.807) is 0 Å². The van der Waals surface area contributed by atoms with Crippen molar-refractivity contribution >= 4 is 26.9 Å². The Morgan fingerprint density at radius 3 is 2.57 bits per heavy atom. The summed E-state index contributed by atoms with van der Waals surface area (Å²) in [5, 5.41) is 1.06. The number of nitrogens with two attached hydrogens (primary N) is 1. The Labute approximate surface area is 132 Å². The molecule has 3 aromatic rings. The first-order chi connectivity index (χ1) is 10.2. The molecule has 1 unspecified atom stereocenters. The first-order valence-corrected chi connectivity index (χ1v) is 7.75. The smallest absolute Gasteiger partial charge is 0.148 e. The quantitative estimate of drug-likeness (QED) is 0.547. The zero-order chi connectivity index (χ0) is 14.8. The minimum atomic E-state index is -0.157. The number of rotatable bonds is 4. The van der Waals surface area contributed by atoms with E-state index in [9.17, 15) is 0 Å². The Morgan fingerprint density at radius 2 is 1.95 bits per heavy atom. The van der Waals surface area contributed by atoms with E-state index >= 15 is 0 Å². The minimum absolute atomic E-state index is 0.157. The summed E-state index contributed by atoms with van der Waals surface area (Å²) in [7, 11) is 0. The number of nitrogens with one attached hydrogen (secondary N) is 1. The number of furan rings is 1. The molecule has 0 amide bonds. The molecular weight excluding hydrogens is 328 g/mol. The number of benzene rings is 2. The van der Waals surface area contributed by atoms with E-state index < -0.39 is 0 Å². The van der Waals surface area contributed by atoms with Gasteiger partial charge in [-0.25, -0.2) is 5.43 Å². The fourth-order valence-corrected chi connectivity index (χ4v) is 2.94. The molecule has 1 atom stereocenters. The van der Waals surface area contributed by atoms with Crippen molar-refractivity contribution in [3.63, 3.8) is 0 Å². The largest absolute Gasteiger partial charge is 0.458 e. The van der Waals surface area contributed by atoms with Crippen LogP contribution < -0.4 is 11.3 Å². The standard InChI is InChI=1S/C17H17BrN2O/c1-2-11-6-8-12(9-7-11)16(20-19)15-10-13-4-3-5-14(18)17(13)21-15/h3-10,16,20H,2,19H2,1H3. The van der Waals surface area contributed by atoms with E-state index in [2.05, 4.69) is 52.5 Å². The van der Waals surface area contributed by atoms with Gasteiger partial charge in [0.25, 0.3) is 0 Å². The lowest BCUT2D eigenvalue weighted by Crippen LogP contribution is -2.28. The Kier molecular flexibility index (Phi) is 4.10. The van der Waals surface area contributed by atoms with Gasteiger partial charge in [0.05, 0.1) is 4.47 Å². The Morgan fingerprint density at radius 1 is 1.19 bits per heavy atom. The third kappa shape index (κ3) is 2.75. The maximum Gasteiger partial charge on any atom is 0.148 e. The SMILES string of the molecule is CCc1ccc(C(NN)c2cc3cccc(Br)c3o2)cc1. The van der Waals surface area contributed by atoms with Gasteiger partial charge in [-0.05, 0) is 45.6 Å². The van der Waals surface area contributed by atoms with Crippen molar-refractivity contribution in [1.29, 1.82) is 0 Å². The average Bonchev–Trinajstić information content (AvgIpc) is 2.94. The van der Waals surface area contributed by atoms with E-state index in [-0.39, 0.29) is 6.04 Å². The maximum absolute atomic E-state index is 5.97. The molecule has 4 heteroatoms. The molecule has 0 radical (unpaired) electrons. The Balaban J connectivity index is 2.02. The number of para-hydroxylation sites is 1. The predicted octanol–water partition coefficient (Wildman–Crippen LogP) is 4.31. The first kappa shape index (κ1) is 14.3. The number of hydrogen-bond donors (Lipinski definition) is 2. The van der Waals surface area contributed by atoms with Crippen molar-refractivity contribution in [2.45, 2.75) is 19.4 Å². The van der Waals surface area contributed by atoms with E-state index in [0.29, 0.717) is 0 Å². The van der Waals surface area contributed by atoms with Crippen LogP contribution in [-0.2, 0) is 6.42 Å². The average molecular weight is 345 g/mol. The van der Waals surface area contributed by atoms with Crippen LogP contribution in [0.15, 0.2) is 57.4 Å². The summed E-state index contributed by atoms with van der Waals surface area (Å²) in [5.74, 6) is 6.55. The van der Waals surface area contributed by atoms with Crippen LogP contribution in [0, 0.1) is 0 Å². The molecule has 0 fully saturated rings. The maximum atomic E-state index is 5.97. The van der Waals surface area contributed by atoms with Crippen LogP contribution in [-0.4, -0.2) is 0 Å². The van der Waals surface area contributed by atoms with Gasteiger partial charge in [0.1, 0.15) is 17.4 Å². The van der Waals surface area contributed by atoms with Crippen LogP contribution in [0.25, 0.3) is 11.0 Å². The molecule has 0 spiro atoms. The summed E-state index contributed by atoms with van der Waals surface area (Å²) in [6.07, 6.45) is 1.03. The number of hydrogen-bond acceptors (Lipinski definition) is 3. The summed E-state index contributed by atoms with van der Waals surface area (Å²) in [5.41, 5.74) is 6.08. The van der Waals surface area contributed by atoms with Crippen LogP contribution in [0.3, 0.4) is 0 Å². The van der Waals surface area contributed by atoms with Crippen LogP contribution in [0.2, 0.25) is 0 Å². The summed E-state index contributed by atoms with van der Waals surface area (Å²) in [6.45, 7) is 2.14. The molecule has 0 saturated heterocycles. The molecule has 1 aromatic heterocycles. The van der Waals surface area contributed by atoms with Crippen LogP contribution in [0.5, 0.6) is 0 Å². The zero-order valence-electron chi connectivity index (χ0n) is 11.8. The molecule has 0 saturated carbocycles.